The Morgan fingerprint density at radius 1 is 0.600 bits per heavy atom. The molecule has 7 unspecified atom stereocenters. The van der Waals surface area contributed by atoms with Crippen molar-refractivity contribution in [1.82, 2.24) is 0 Å². The topological polar surface area (TPSA) is 63.2 Å². The highest BCUT2D eigenvalue weighted by molar-refractivity contribution is 5.81. The molecule has 0 radical (unpaired) electrons. The largest absolute Gasteiger partial charge is 0.372 e. The summed E-state index contributed by atoms with van der Waals surface area (Å²) < 4.78 is 32.4. The van der Waals surface area contributed by atoms with Crippen molar-refractivity contribution in [3.63, 3.8) is 0 Å². The first-order chi connectivity index (χ1) is 16.4. The highest BCUT2D eigenvalue weighted by atomic mass is 16.7. The Balaban J connectivity index is 1.77. The molecule has 0 amide bonds. The van der Waals surface area contributed by atoms with Crippen LogP contribution in [0, 0.1) is 41.4 Å². The number of ether oxygens (including phenoxy) is 5. The van der Waals surface area contributed by atoms with Gasteiger partial charge in [-0.15, -0.1) is 0 Å². The lowest BCUT2D eigenvalue weighted by molar-refractivity contribution is -0.333. The molecule has 0 aromatic carbocycles. The zero-order valence-electron chi connectivity index (χ0n) is 24.0. The van der Waals surface area contributed by atoms with Crippen LogP contribution in [0.4, 0.5) is 0 Å². The Bertz CT molecular complexity index is 695. The van der Waals surface area contributed by atoms with E-state index in [-0.39, 0.29) is 60.3 Å². The summed E-state index contributed by atoms with van der Waals surface area (Å²) in [5, 5.41) is 0. The summed E-state index contributed by atoms with van der Waals surface area (Å²) in [4.78, 5) is 12.8. The minimum Gasteiger partial charge on any atom is -0.372 e. The lowest BCUT2D eigenvalue weighted by Gasteiger charge is -2.50. The molecule has 6 nitrogen and oxygen atoms in total. The van der Waals surface area contributed by atoms with Gasteiger partial charge in [-0.05, 0) is 56.3 Å². The van der Waals surface area contributed by atoms with Gasteiger partial charge in [-0.3, -0.25) is 4.79 Å². The van der Waals surface area contributed by atoms with Crippen LogP contribution < -0.4 is 0 Å². The van der Waals surface area contributed by atoms with Crippen LogP contribution in [0.2, 0.25) is 0 Å². The summed E-state index contributed by atoms with van der Waals surface area (Å²) in [6.07, 6.45) is 0.314. The summed E-state index contributed by atoms with van der Waals surface area (Å²) in [5.74, 6) is 2.03. The van der Waals surface area contributed by atoms with Crippen LogP contribution in [0.1, 0.15) is 89.0 Å². The molecule has 0 saturated carbocycles. The molecule has 0 N–H and O–H groups in total. The van der Waals surface area contributed by atoms with E-state index in [4.69, 9.17) is 23.7 Å². The molecule has 3 heterocycles. The highest BCUT2D eigenvalue weighted by Gasteiger charge is 2.50. The van der Waals surface area contributed by atoms with Crippen molar-refractivity contribution < 1.29 is 28.5 Å². The van der Waals surface area contributed by atoms with E-state index in [0.717, 1.165) is 12.8 Å². The summed E-state index contributed by atoms with van der Waals surface area (Å²) >= 11 is 0. The molecular weight excluding hydrogens is 444 g/mol. The van der Waals surface area contributed by atoms with Crippen LogP contribution in [-0.2, 0) is 28.5 Å². The maximum atomic E-state index is 12.8. The van der Waals surface area contributed by atoms with E-state index in [1.54, 1.807) is 6.92 Å². The average Bonchev–Trinajstić information content (AvgIpc) is 2.83. The fraction of sp³-hybridized carbons (Fsp3) is 0.966. The normalized spacial score (nSPS) is 51.2. The Morgan fingerprint density at radius 2 is 1.11 bits per heavy atom. The zero-order valence-corrected chi connectivity index (χ0v) is 24.0. The van der Waals surface area contributed by atoms with E-state index in [1.807, 2.05) is 0 Å². The average molecular weight is 497 g/mol. The number of hydrogen-bond acceptors (Lipinski definition) is 6. The smallest absolute Gasteiger partial charge is 0.162 e. The predicted octanol–water partition coefficient (Wildman–Crippen LogP) is 5.86. The third-order valence-corrected chi connectivity index (χ3v) is 9.97. The fourth-order valence-electron chi connectivity index (χ4n) is 6.35. The van der Waals surface area contributed by atoms with Gasteiger partial charge >= 0.3 is 0 Å². The monoisotopic (exact) mass is 496 g/mol. The third-order valence-electron chi connectivity index (χ3n) is 9.97. The van der Waals surface area contributed by atoms with Crippen molar-refractivity contribution in [2.75, 3.05) is 0 Å². The molecule has 35 heavy (non-hydrogen) atoms. The van der Waals surface area contributed by atoms with Crippen molar-refractivity contribution in [2.24, 2.45) is 41.4 Å². The van der Waals surface area contributed by atoms with E-state index in [1.165, 1.54) is 0 Å². The molecule has 0 spiro atoms. The van der Waals surface area contributed by atoms with Gasteiger partial charge in [0.25, 0.3) is 0 Å². The van der Waals surface area contributed by atoms with Gasteiger partial charge in [0.15, 0.2) is 18.4 Å². The minimum atomic E-state index is -0.673. The Hall–Kier alpha value is -0.530. The Kier molecular flexibility index (Phi) is 9.87. The molecular formula is C29H52O6. The van der Waals surface area contributed by atoms with Gasteiger partial charge in [-0.2, -0.15) is 0 Å². The van der Waals surface area contributed by atoms with E-state index >= 15 is 0 Å². The van der Waals surface area contributed by atoms with Gasteiger partial charge in [0.2, 0.25) is 0 Å². The van der Waals surface area contributed by atoms with Crippen LogP contribution in [0.25, 0.3) is 0 Å². The molecule has 0 aromatic heterocycles. The molecule has 204 valence electrons. The first-order valence-corrected chi connectivity index (χ1v) is 14.2. The van der Waals surface area contributed by atoms with Crippen molar-refractivity contribution in [3.05, 3.63) is 0 Å². The first-order valence-electron chi connectivity index (χ1n) is 14.2. The van der Waals surface area contributed by atoms with Gasteiger partial charge in [0.1, 0.15) is 6.10 Å². The van der Waals surface area contributed by atoms with Gasteiger partial charge in [0, 0.05) is 11.8 Å². The van der Waals surface area contributed by atoms with Crippen molar-refractivity contribution in [2.45, 2.75) is 138 Å². The van der Waals surface area contributed by atoms with E-state index in [9.17, 15) is 4.79 Å². The fourth-order valence-corrected chi connectivity index (χ4v) is 6.35. The standard InChI is InChI=1S/C29H52O6/c1-12-23-16(5)14(3)19(8)28(32-23)34-26-18(7)20(9)29(35-27(26)21(10)30)33-25-17(6)15(4)22(11)31-24(25)13-2/h14-20,22-29H,12-13H2,1-11H3/t14-,15?,16-,17-,18+,19?,20?,22?,23?,24?,25+,26-,27?,28+,29+/m0/s1. The lowest BCUT2D eigenvalue weighted by Crippen LogP contribution is -2.59. The number of hydrogen-bond donors (Lipinski definition) is 0. The molecule has 3 rings (SSSR count). The van der Waals surface area contributed by atoms with E-state index in [2.05, 4.69) is 69.2 Å². The number of carbonyl (C=O) groups excluding carboxylic acids is 1. The van der Waals surface area contributed by atoms with Crippen LogP contribution in [0.5, 0.6) is 0 Å². The van der Waals surface area contributed by atoms with Crippen LogP contribution in [0.15, 0.2) is 0 Å². The van der Waals surface area contributed by atoms with Crippen molar-refractivity contribution in [1.29, 1.82) is 0 Å². The maximum Gasteiger partial charge on any atom is 0.162 e. The van der Waals surface area contributed by atoms with Crippen LogP contribution in [-0.4, -0.2) is 55.0 Å². The zero-order chi connectivity index (χ0) is 26.2. The van der Waals surface area contributed by atoms with Gasteiger partial charge in [-0.1, -0.05) is 62.3 Å². The minimum absolute atomic E-state index is 0.0259. The molecule has 0 aliphatic carbocycles. The van der Waals surface area contributed by atoms with E-state index in [0.29, 0.717) is 23.7 Å². The number of rotatable bonds is 7. The van der Waals surface area contributed by atoms with Gasteiger partial charge in [0.05, 0.1) is 30.5 Å². The molecule has 3 fully saturated rings. The highest BCUT2D eigenvalue weighted by Crippen LogP contribution is 2.42. The Morgan fingerprint density at radius 3 is 1.69 bits per heavy atom. The molecule has 15 atom stereocenters. The predicted molar refractivity (Wildman–Crippen MR) is 137 cm³/mol. The number of carbonyl (C=O) groups is 1. The lowest BCUT2D eigenvalue weighted by atomic mass is 9.78. The van der Waals surface area contributed by atoms with Crippen LogP contribution in [0.3, 0.4) is 0 Å². The molecule has 0 bridgehead atoms. The summed E-state index contributed by atoms with van der Waals surface area (Å²) in [5.41, 5.74) is 0. The second-order valence-corrected chi connectivity index (χ2v) is 12.0. The number of ketones is 1. The summed E-state index contributed by atoms with van der Waals surface area (Å²) in [6, 6.07) is 0. The third kappa shape index (κ3) is 5.82. The first kappa shape index (κ1) is 29.0. The SMILES string of the molecule is CCC1O[C@H](O[C@@H]2C(C(C)=O)O[C@@H](O[C@H]3C(CC)OC(C)C(C)[C@@H]3C)C(C)[C@H]2C)C(C)[C@@H](C)[C@@H]1C. The second kappa shape index (κ2) is 11.9. The molecule has 6 heteroatoms. The van der Waals surface area contributed by atoms with Crippen LogP contribution >= 0.6 is 0 Å². The summed E-state index contributed by atoms with van der Waals surface area (Å²) in [7, 11) is 0. The quantitative estimate of drug-likeness (QED) is 0.440. The maximum absolute atomic E-state index is 12.8. The number of Topliss-reactive ketones (excluding diaryl/α,β-unsaturated/α-hetero) is 1. The second-order valence-electron chi connectivity index (χ2n) is 12.0. The Labute approximate surface area is 214 Å². The van der Waals surface area contributed by atoms with E-state index < -0.39 is 12.4 Å². The summed E-state index contributed by atoms with van der Waals surface area (Å²) in [6.45, 7) is 23.6. The van der Waals surface area contributed by atoms with Gasteiger partial charge < -0.3 is 23.7 Å². The molecule has 3 aliphatic rings. The molecule has 3 aliphatic heterocycles. The molecule has 3 saturated heterocycles. The van der Waals surface area contributed by atoms with Crippen molar-refractivity contribution in [3.8, 4) is 0 Å². The van der Waals surface area contributed by atoms with Gasteiger partial charge in [-0.25, -0.2) is 0 Å². The van der Waals surface area contributed by atoms with Crippen molar-refractivity contribution >= 4 is 5.78 Å². The molecule has 0 aromatic rings.